The number of aliphatic hydroxyl groups excluding tert-OH is 1. The smallest absolute Gasteiger partial charge is 0.142 e. The number of rotatable bonds is 10. The van der Waals surface area contributed by atoms with Crippen LogP contribution in [0, 0.1) is 5.82 Å². The Morgan fingerprint density at radius 2 is 1.92 bits per heavy atom. The minimum atomic E-state index is -0.586. The lowest BCUT2D eigenvalue weighted by atomic mass is 9.85. The van der Waals surface area contributed by atoms with Gasteiger partial charge in [-0.15, -0.1) is 0 Å². The van der Waals surface area contributed by atoms with Gasteiger partial charge in [0.15, 0.2) is 0 Å². The number of piperidine rings is 1. The van der Waals surface area contributed by atoms with E-state index in [0.717, 1.165) is 48.7 Å². The molecule has 2 N–H and O–H groups in total. The second-order valence-corrected chi connectivity index (χ2v) is 9.71. The standard InChI is InChI=1S/C30H35FN2O5/c1-35-14-3-12-33-13-15-36-28-11-6-21(16-26(28)33)20-37-29-19-32-18-27(34)30(29)22-7-9-24(10-8-22)38-25-5-2-4-23(31)17-25/h2,4-11,16-17,27,29-30,32,34H,3,12-15,18-20H2,1H3. The topological polar surface area (TPSA) is 72.4 Å². The van der Waals surface area contributed by atoms with Gasteiger partial charge < -0.3 is 34.3 Å². The molecule has 0 aliphatic carbocycles. The Bertz CT molecular complexity index is 1190. The third kappa shape index (κ3) is 6.45. The molecule has 2 heterocycles. The van der Waals surface area contributed by atoms with Crippen LogP contribution in [0.1, 0.15) is 23.5 Å². The van der Waals surface area contributed by atoms with Gasteiger partial charge in [-0.1, -0.05) is 24.3 Å². The van der Waals surface area contributed by atoms with Crippen molar-refractivity contribution in [1.29, 1.82) is 0 Å². The maximum Gasteiger partial charge on any atom is 0.142 e. The Morgan fingerprint density at radius 1 is 1.05 bits per heavy atom. The molecule has 3 aromatic rings. The monoisotopic (exact) mass is 522 g/mol. The van der Waals surface area contributed by atoms with Crippen molar-refractivity contribution in [3.8, 4) is 17.2 Å². The molecule has 2 aliphatic heterocycles. The van der Waals surface area contributed by atoms with Crippen molar-refractivity contribution >= 4 is 5.69 Å². The van der Waals surface area contributed by atoms with Gasteiger partial charge >= 0.3 is 0 Å². The SMILES string of the molecule is COCCCN1CCOc2ccc(COC3CNCC(O)C3c3ccc(Oc4cccc(F)c4)cc3)cc21. The number of β-amino-alcohol motifs (C(OH)–C–C–N with tert-alkyl or cyclic N) is 1. The highest BCUT2D eigenvalue weighted by Crippen LogP contribution is 2.34. The minimum absolute atomic E-state index is 0.189. The third-order valence-corrected chi connectivity index (χ3v) is 7.03. The van der Waals surface area contributed by atoms with Crippen LogP contribution < -0.4 is 19.7 Å². The largest absolute Gasteiger partial charge is 0.490 e. The summed E-state index contributed by atoms with van der Waals surface area (Å²) in [5, 5.41) is 14.2. The first kappa shape index (κ1) is 26.4. The van der Waals surface area contributed by atoms with Gasteiger partial charge in [-0.2, -0.15) is 0 Å². The number of anilines is 1. The van der Waals surface area contributed by atoms with Crippen molar-refractivity contribution in [2.24, 2.45) is 0 Å². The summed E-state index contributed by atoms with van der Waals surface area (Å²) in [5.41, 5.74) is 3.11. The molecule has 0 amide bonds. The molecule has 0 saturated carbocycles. The summed E-state index contributed by atoms with van der Waals surface area (Å²) in [4.78, 5) is 2.34. The number of hydrogen-bond acceptors (Lipinski definition) is 7. The second kappa shape index (κ2) is 12.6. The molecule has 7 nitrogen and oxygen atoms in total. The molecule has 5 rings (SSSR count). The molecule has 8 heteroatoms. The van der Waals surface area contributed by atoms with E-state index >= 15 is 0 Å². The summed E-state index contributed by atoms with van der Waals surface area (Å²) >= 11 is 0. The number of nitrogens with one attached hydrogen (secondary N) is 1. The van der Waals surface area contributed by atoms with Crippen molar-refractivity contribution in [2.75, 3.05) is 51.4 Å². The third-order valence-electron chi connectivity index (χ3n) is 7.03. The van der Waals surface area contributed by atoms with E-state index in [-0.39, 0.29) is 17.8 Å². The summed E-state index contributed by atoms with van der Waals surface area (Å²) in [6.07, 6.45) is 0.159. The maximum absolute atomic E-state index is 13.5. The summed E-state index contributed by atoms with van der Waals surface area (Å²) in [5.74, 6) is 1.40. The van der Waals surface area contributed by atoms with Gasteiger partial charge in [0.05, 0.1) is 31.0 Å². The van der Waals surface area contributed by atoms with Crippen LogP contribution in [0.4, 0.5) is 10.1 Å². The lowest BCUT2D eigenvalue weighted by Crippen LogP contribution is -2.49. The number of fused-ring (bicyclic) bond motifs is 1. The van der Waals surface area contributed by atoms with Crippen molar-refractivity contribution in [2.45, 2.75) is 31.2 Å². The summed E-state index contributed by atoms with van der Waals surface area (Å²) in [7, 11) is 1.72. The number of hydrogen-bond donors (Lipinski definition) is 2. The van der Waals surface area contributed by atoms with E-state index in [1.54, 1.807) is 19.2 Å². The van der Waals surface area contributed by atoms with Gasteiger partial charge in [-0.05, 0) is 53.9 Å². The van der Waals surface area contributed by atoms with Crippen LogP contribution in [0.2, 0.25) is 0 Å². The lowest BCUT2D eigenvalue weighted by molar-refractivity contribution is -0.0328. The van der Waals surface area contributed by atoms with Crippen LogP contribution in [0.5, 0.6) is 17.2 Å². The van der Waals surface area contributed by atoms with E-state index in [4.69, 9.17) is 18.9 Å². The minimum Gasteiger partial charge on any atom is -0.490 e. The van der Waals surface area contributed by atoms with Crippen molar-refractivity contribution in [1.82, 2.24) is 5.32 Å². The fraction of sp³-hybridized carbons (Fsp3) is 0.400. The summed E-state index contributed by atoms with van der Waals surface area (Å²) < 4.78 is 36.7. The second-order valence-electron chi connectivity index (χ2n) is 9.71. The molecule has 0 bridgehead atoms. The molecule has 1 saturated heterocycles. The fourth-order valence-electron chi connectivity index (χ4n) is 5.14. The molecule has 0 spiro atoms. The van der Waals surface area contributed by atoms with E-state index in [0.29, 0.717) is 37.8 Å². The zero-order chi connectivity index (χ0) is 26.3. The first-order valence-electron chi connectivity index (χ1n) is 13.1. The molecular weight excluding hydrogens is 487 g/mol. The van der Waals surface area contributed by atoms with E-state index in [1.165, 1.54) is 12.1 Å². The van der Waals surface area contributed by atoms with Crippen LogP contribution in [-0.4, -0.2) is 63.8 Å². The van der Waals surface area contributed by atoms with Crippen LogP contribution in [0.25, 0.3) is 0 Å². The van der Waals surface area contributed by atoms with E-state index in [9.17, 15) is 9.50 Å². The number of benzene rings is 3. The number of halogens is 1. The molecular formula is C30H35FN2O5. The Kier molecular flexibility index (Phi) is 8.75. The molecule has 0 aromatic heterocycles. The molecule has 202 valence electrons. The van der Waals surface area contributed by atoms with Gasteiger partial charge in [0, 0.05) is 45.3 Å². The molecule has 2 aliphatic rings. The normalized spacial score (nSPS) is 21.0. The number of ether oxygens (including phenoxy) is 4. The Morgan fingerprint density at radius 3 is 2.74 bits per heavy atom. The van der Waals surface area contributed by atoms with Crippen molar-refractivity contribution in [3.05, 3.63) is 83.7 Å². The average Bonchev–Trinajstić information content (AvgIpc) is 2.93. The molecule has 3 atom stereocenters. The van der Waals surface area contributed by atoms with Gasteiger partial charge in [-0.25, -0.2) is 4.39 Å². The first-order chi connectivity index (χ1) is 18.6. The number of aliphatic hydroxyl groups is 1. The van der Waals surface area contributed by atoms with E-state index in [2.05, 4.69) is 16.3 Å². The van der Waals surface area contributed by atoms with Gasteiger partial charge in [0.1, 0.15) is 29.7 Å². The predicted molar refractivity (Wildman–Crippen MR) is 144 cm³/mol. The van der Waals surface area contributed by atoms with Crippen LogP contribution >= 0.6 is 0 Å². The van der Waals surface area contributed by atoms with E-state index < -0.39 is 6.10 Å². The predicted octanol–water partition coefficient (Wildman–Crippen LogP) is 4.49. The first-order valence-corrected chi connectivity index (χ1v) is 13.1. The highest BCUT2D eigenvalue weighted by molar-refractivity contribution is 5.61. The Labute approximate surface area is 223 Å². The maximum atomic E-state index is 13.5. The zero-order valence-corrected chi connectivity index (χ0v) is 21.6. The Hall–Kier alpha value is -3.17. The highest BCUT2D eigenvalue weighted by atomic mass is 19.1. The van der Waals surface area contributed by atoms with Gasteiger partial charge in [0.2, 0.25) is 0 Å². The zero-order valence-electron chi connectivity index (χ0n) is 21.6. The molecule has 3 aromatic carbocycles. The summed E-state index contributed by atoms with van der Waals surface area (Å²) in [6.45, 7) is 4.73. The molecule has 38 heavy (non-hydrogen) atoms. The lowest BCUT2D eigenvalue weighted by Gasteiger charge is -2.36. The Balaban J connectivity index is 1.25. The molecule has 1 fully saturated rings. The fourth-order valence-corrected chi connectivity index (χ4v) is 5.14. The molecule has 0 radical (unpaired) electrons. The van der Waals surface area contributed by atoms with Gasteiger partial charge in [0.25, 0.3) is 0 Å². The average molecular weight is 523 g/mol. The quantitative estimate of drug-likeness (QED) is 0.380. The van der Waals surface area contributed by atoms with Crippen molar-refractivity contribution < 1.29 is 28.4 Å². The molecule has 3 unspecified atom stereocenters. The number of nitrogens with zero attached hydrogens (tertiary/aromatic N) is 1. The summed E-state index contributed by atoms with van der Waals surface area (Å²) in [6, 6.07) is 19.8. The van der Waals surface area contributed by atoms with E-state index in [1.807, 2.05) is 36.4 Å². The van der Waals surface area contributed by atoms with Crippen LogP contribution in [0.3, 0.4) is 0 Å². The number of methoxy groups -OCH3 is 1. The van der Waals surface area contributed by atoms with Crippen LogP contribution in [-0.2, 0) is 16.1 Å². The highest BCUT2D eigenvalue weighted by Gasteiger charge is 2.34. The van der Waals surface area contributed by atoms with Gasteiger partial charge in [-0.3, -0.25) is 0 Å². The van der Waals surface area contributed by atoms with Crippen molar-refractivity contribution in [3.63, 3.8) is 0 Å². The van der Waals surface area contributed by atoms with Crippen LogP contribution in [0.15, 0.2) is 66.7 Å².